The van der Waals surface area contributed by atoms with Gasteiger partial charge in [-0.05, 0) is 34.0 Å². The molecule has 112 valence electrons. The standard InChI is InChI=1S/C12H16BrFN2O3S/c1-7(2)6-16(3)12(17)8-4-9(14)11(13)10(5-8)20(15,18)19/h4-5,7H,6H2,1-3H3,(H2,15,18,19). The fourth-order valence-electron chi connectivity index (χ4n) is 1.75. The van der Waals surface area contributed by atoms with Gasteiger partial charge in [-0.15, -0.1) is 0 Å². The Morgan fingerprint density at radius 1 is 1.45 bits per heavy atom. The van der Waals surface area contributed by atoms with Gasteiger partial charge in [0.2, 0.25) is 10.0 Å². The lowest BCUT2D eigenvalue weighted by molar-refractivity contribution is 0.0778. The molecule has 0 aliphatic rings. The molecule has 2 N–H and O–H groups in total. The highest BCUT2D eigenvalue weighted by atomic mass is 79.9. The fourth-order valence-corrected chi connectivity index (χ4v) is 3.29. The van der Waals surface area contributed by atoms with Crippen LogP contribution >= 0.6 is 15.9 Å². The van der Waals surface area contributed by atoms with Gasteiger partial charge in [0.15, 0.2) is 0 Å². The number of primary sulfonamides is 1. The first-order valence-electron chi connectivity index (χ1n) is 5.81. The van der Waals surface area contributed by atoms with Crippen LogP contribution in [0.4, 0.5) is 4.39 Å². The number of hydrogen-bond donors (Lipinski definition) is 1. The number of hydrogen-bond acceptors (Lipinski definition) is 3. The Labute approximate surface area is 126 Å². The quantitative estimate of drug-likeness (QED) is 0.884. The predicted octanol–water partition coefficient (Wildman–Crippen LogP) is 1.96. The van der Waals surface area contributed by atoms with Crippen LogP contribution in [0, 0.1) is 11.7 Å². The van der Waals surface area contributed by atoms with Gasteiger partial charge in [-0.3, -0.25) is 4.79 Å². The predicted molar refractivity (Wildman–Crippen MR) is 77.3 cm³/mol. The third-order valence-corrected chi connectivity index (χ3v) is 4.54. The molecule has 0 saturated carbocycles. The van der Waals surface area contributed by atoms with Crippen molar-refractivity contribution in [3.05, 3.63) is 28.0 Å². The van der Waals surface area contributed by atoms with Crippen molar-refractivity contribution in [3.8, 4) is 0 Å². The molecule has 0 radical (unpaired) electrons. The number of carbonyl (C=O) groups is 1. The minimum Gasteiger partial charge on any atom is -0.341 e. The summed E-state index contributed by atoms with van der Waals surface area (Å²) < 4.78 is 36.2. The normalized spacial score (nSPS) is 11.8. The van der Waals surface area contributed by atoms with E-state index < -0.39 is 26.6 Å². The molecule has 5 nitrogen and oxygen atoms in total. The van der Waals surface area contributed by atoms with E-state index in [9.17, 15) is 17.6 Å². The molecule has 0 aliphatic heterocycles. The third kappa shape index (κ3) is 4.00. The largest absolute Gasteiger partial charge is 0.341 e. The van der Waals surface area contributed by atoms with Crippen LogP contribution in [0.3, 0.4) is 0 Å². The Bertz CT molecular complexity index is 632. The van der Waals surface area contributed by atoms with Gasteiger partial charge >= 0.3 is 0 Å². The fraction of sp³-hybridized carbons (Fsp3) is 0.417. The first-order chi connectivity index (χ1) is 9.04. The molecular formula is C12H16BrFN2O3S. The van der Waals surface area contributed by atoms with E-state index in [4.69, 9.17) is 5.14 Å². The van der Waals surface area contributed by atoms with E-state index >= 15 is 0 Å². The van der Waals surface area contributed by atoms with Crippen LogP contribution in [0.5, 0.6) is 0 Å². The summed E-state index contributed by atoms with van der Waals surface area (Å²) in [4.78, 5) is 13.1. The topological polar surface area (TPSA) is 80.5 Å². The van der Waals surface area contributed by atoms with Crippen LogP contribution in [-0.2, 0) is 10.0 Å². The first-order valence-corrected chi connectivity index (χ1v) is 8.15. The summed E-state index contributed by atoms with van der Waals surface area (Å²) in [6, 6.07) is 2.06. The summed E-state index contributed by atoms with van der Waals surface area (Å²) in [5.41, 5.74) is -0.0575. The Morgan fingerprint density at radius 3 is 2.45 bits per heavy atom. The third-order valence-electron chi connectivity index (χ3n) is 2.53. The van der Waals surface area contributed by atoms with Gasteiger partial charge in [-0.25, -0.2) is 17.9 Å². The number of rotatable bonds is 4. The van der Waals surface area contributed by atoms with Crippen molar-refractivity contribution in [1.29, 1.82) is 0 Å². The Morgan fingerprint density at radius 2 is 2.00 bits per heavy atom. The van der Waals surface area contributed by atoms with Crippen molar-refractivity contribution < 1.29 is 17.6 Å². The zero-order valence-corrected chi connectivity index (χ0v) is 13.8. The van der Waals surface area contributed by atoms with E-state index in [0.717, 1.165) is 12.1 Å². The number of amides is 1. The van der Waals surface area contributed by atoms with E-state index in [0.29, 0.717) is 6.54 Å². The Balaban J connectivity index is 3.28. The molecule has 0 saturated heterocycles. The second kappa shape index (κ2) is 6.19. The molecule has 8 heteroatoms. The highest BCUT2D eigenvalue weighted by Gasteiger charge is 2.22. The van der Waals surface area contributed by atoms with Crippen LogP contribution in [0.2, 0.25) is 0 Å². The van der Waals surface area contributed by atoms with Crippen LogP contribution in [0.15, 0.2) is 21.5 Å². The van der Waals surface area contributed by atoms with E-state index in [1.807, 2.05) is 13.8 Å². The summed E-state index contributed by atoms with van der Waals surface area (Å²) in [5, 5.41) is 5.00. The number of benzene rings is 1. The SMILES string of the molecule is CC(C)CN(C)C(=O)c1cc(F)c(Br)c(S(N)(=O)=O)c1. The summed E-state index contributed by atoms with van der Waals surface area (Å²) in [6.45, 7) is 4.34. The van der Waals surface area contributed by atoms with Crippen molar-refractivity contribution in [2.24, 2.45) is 11.1 Å². The van der Waals surface area contributed by atoms with Gasteiger partial charge < -0.3 is 4.90 Å². The molecule has 0 atom stereocenters. The lowest BCUT2D eigenvalue weighted by atomic mass is 10.1. The van der Waals surface area contributed by atoms with Crippen molar-refractivity contribution in [1.82, 2.24) is 4.90 Å². The van der Waals surface area contributed by atoms with Crippen molar-refractivity contribution in [2.45, 2.75) is 18.7 Å². The monoisotopic (exact) mass is 366 g/mol. The Hall–Kier alpha value is -0.990. The molecule has 1 amide bonds. The summed E-state index contributed by atoms with van der Waals surface area (Å²) in [6.07, 6.45) is 0. The average molecular weight is 367 g/mol. The van der Waals surface area contributed by atoms with Gasteiger partial charge in [-0.2, -0.15) is 0 Å². The maximum absolute atomic E-state index is 13.7. The smallest absolute Gasteiger partial charge is 0.253 e. The summed E-state index contributed by atoms with van der Waals surface area (Å²) in [7, 11) is -2.55. The zero-order valence-electron chi connectivity index (χ0n) is 11.4. The minimum atomic E-state index is -4.12. The number of sulfonamides is 1. The van der Waals surface area contributed by atoms with Gasteiger partial charge in [0.05, 0.1) is 9.37 Å². The molecule has 0 heterocycles. The molecule has 0 fully saturated rings. The number of nitrogens with zero attached hydrogens (tertiary/aromatic N) is 1. The molecular weight excluding hydrogens is 351 g/mol. The lowest BCUT2D eigenvalue weighted by Gasteiger charge is -2.20. The van der Waals surface area contributed by atoms with Crippen LogP contribution in [0.1, 0.15) is 24.2 Å². The van der Waals surface area contributed by atoms with Gasteiger partial charge in [-0.1, -0.05) is 13.8 Å². The van der Waals surface area contributed by atoms with Gasteiger partial charge in [0.1, 0.15) is 5.82 Å². The second-order valence-electron chi connectivity index (χ2n) is 4.89. The molecule has 0 aromatic heterocycles. The molecule has 0 bridgehead atoms. The van der Waals surface area contributed by atoms with Crippen LogP contribution in [-0.4, -0.2) is 32.8 Å². The second-order valence-corrected chi connectivity index (χ2v) is 7.22. The summed E-state index contributed by atoms with van der Waals surface area (Å²) in [5.74, 6) is -1.07. The zero-order chi connectivity index (χ0) is 15.7. The molecule has 1 aromatic carbocycles. The van der Waals surface area contributed by atoms with E-state index in [2.05, 4.69) is 15.9 Å². The highest BCUT2D eigenvalue weighted by Crippen LogP contribution is 2.26. The highest BCUT2D eigenvalue weighted by molar-refractivity contribution is 9.10. The molecule has 1 rings (SSSR count). The van der Waals surface area contributed by atoms with E-state index in [1.54, 1.807) is 7.05 Å². The number of carbonyl (C=O) groups excluding carboxylic acids is 1. The maximum atomic E-state index is 13.7. The van der Waals surface area contributed by atoms with E-state index in [1.165, 1.54) is 4.90 Å². The van der Waals surface area contributed by atoms with Crippen molar-refractivity contribution in [2.75, 3.05) is 13.6 Å². The molecule has 0 spiro atoms. The van der Waals surface area contributed by atoms with Crippen LogP contribution in [0.25, 0.3) is 0 Å². The van der Waals surface area contributed by atoms with Crippen molar-refractivity contribution in [3.63, 3.8) is 0 Å². The van der Waals surface area contributed by atoms with Crippen LogP contribution < -0.4 is 5.14 Å². The average Bonchev–Trinajstić information content (AvgIpc) is 2.29. The van der Waals surface area contributed by atoms with Gasteiger partial charge in [0.25, 0.3) is 5.91 Å². The first kappa shape index (κ1) is 17.1. The minimum absolute atomic E-state index is 0.0575. The Kier molecular flexibility index (Phi) is 5.28. The lowest BCUT2D eigenvalue weighted by Crippen LogP contribution is -2.30. The maximum Gasteiger partial charge on any atom is 0.253 e. The molecule has 0 unspecified atom stereocenters. The van der Waals surface area contributed by atoms with E-state index in [-0.39, 0.29) is 16.0 Å². The number of nitrogens with two attached hydrogens (primary N) is 1. The molecule has 1 aromatic rings. The number of halogens is 2. The molecule has 20 heavy (non-hydrogen) atoms. The summed E-state index contributed by atoms with van der Waals surface area (Å²) >= 11 is 2.82. The van der Waals surface area contributed by atoms with Gasteiger partial charge in [0, 0.05) is 19.2 Å². The molecule has 0 aliphatic carbocycles. The van der Waals surface area contributed by atoms with Crippen molar-refractivity contribution >= 4 is 31.9 Å².